The number of nitrogens with one attached hydrogen (secondary N) is 1. The summed E-state index contributed by atoms with van der Waals surface area (Å²) >= 11 is 0. The molecule has 5 heteroatoms. The number of hydrogen-bond donors (Lipinski definition) is 1. The lowest BCUT2D eigenvalue weighted by molar-refractivity contribution is -0.133. The van der Waals surface area contributed by atoms with Crippen LogP contribution >= 0.6 is 0 Å². The third-order valence-electron chi connectivity index (χ3n) is 5.46. The first-order chi connectivity index (χ1) is 13.7. The molecule has 28 heavy (non-hydrogen) atoms. The normalized spacial score (nSPS) is 19.6. The van der Waals surface area contributed by atoms with Gasteiger partial charge in [-0.15, -0.1) is 0 Å². The van der Waals surface area contributed by atoms with E-state index >= 15 is 0 Å². The van der Waals surface area contributed by atoms with Crippen LogP contribution in [0.25, 0.3) is 6.08 Å². The Labute approximate surface area is 165 Å². The van der Waals surface area contributed by atoms with Crippen molar-refractivity contribution >= 4 is 17.9 Å². The van der Waals surface area contributed by atoms with Crippen LogP contribution in [0.5, 0.6) is 0 Å². The molecule has 4 rings (SSSR count). The fraction of sp³-hybridized carbons (Fsp3) is 0.304. The molecule has 5 nitrogen and oxygen atoms in total. The Kier molecular flexibility index (Phi) is 5.53. The van der Waals surface area contributed by atoms with Gasteiger partial charge >= 0.3 is 0 Å². The number of hydrogen-bond acceptors (Lipinski definition) is 3. The number of fused-ring (bicyclic) bond motifs is 1. The summed E-state index contributed by atoms with van der Waals surface area (Å²) in [6.07, 6.45) is 4.65. The van der Waals surface area contributed by atoms with Crippen LogP contribution in [0.4, 0.5) is 0 Å². The van der Waals surface area contributed by atoms with E-state index in [-0.39, 0.29) is 17.9 Å². The van der Waals surface area contributed by atoms with Gasteiger partial charge < -0.3 is 10.2 Å². The Bertz CT molecular complexity index is 870. The molecule has 0 bridgehead atoms. The Morgan fingerprint density at radius 1 is 1.00 bits per heavy atom. The Morgan fingerprint density at radius 3 is 2.50 bits per heavy atom. The summed E-state index contributed by atoms with van der Waals surface area (Å²) in [5, 5.41) is 2.94. The molecule has 0 aromatic heterocycles. The fourth-order valence-corrected chi connectivity index (χ4v) is 3.87. The topological polar surface area (TPSA) is 52.7 Å². The summed E-state index contributed by atoms with van der Waals surface area (Å²) in [6.45, 7) is 4.11. The van der Waals surface area contributed by atoms with Gasteiger partial charge in [-0.1, -0.05) is 60.7 Å². The van der Waals surface area contributed by atoms with Crippen LogP contribution in [0.15, 0.2) is 60.7 Å². The van der Waals surface area contributed by atoms with Crippen LogP contribution in [0.2, 0.25) is 0 Å². The monoisotopic (exact) mass is 375 g/mol. The van der Waals surface area contributed by atoms with E-state index in [4.69, 9.17) is 0 Å². The first-order valence-electron chi connectivity index (χ1n) is 9.82. The third-order valence-corrected chi connectivity index (χ3v) is 5.46. The molecule has 1 N–H and O–H groups in total. The molecular weight excluding hydrogens is 350 g/mol. The van der Waals surface area contributed by atoms with Gasteiger partial charge in [0.25, 0.3) is 5.91 Å². The summed E-state index contributed by atoms with van der Waals surface area (Å²) in [4.78, 5) is 29.0. The molecule has 0 aliphatic carbocycles. The minimum Gasteiger partial charge on any atom is -0.345 e. The van der Waals surface area contributed by atoms with Crippen molar-refractivity contribution < 1.29 is 9.59 Å². The van der Waals surface area contributed by atoms with Gasteiger partial charge in [0, 0.05) is 38.3 Å². The summed E-state index contributed by atoms with van der Waals surface area (Å²) in [5.74, 6) is 0.0323. The third kappa shape index (κ3) is 4.15. The number of carbonyl (C=O) groups excluding carboxylic acids is 2. The molecular formula is C23H25N3O2. The second-order valence-corrected chi connectivity index (χ2v) is 7.31. The number of amides is 2. The molecule has 144 valence electrons. The molecule has 2 aromatic rings. The van der Waals surface area contributed by atoms with Gasteiger partial charge in [-0.25, -0.2) is 0 Å². The van der Waals surface area contributed by atoms with Crippen molar-refractivity contribution in [3.63, 3.8) is 0 Å². The maximum Gasteiger partial charge on any atom is 0.252 e. The lowest BCUT2D eigenvalue weighted by atomic mass is 10.0. The van der Waals surface area contributed by atoms with Crippen LogP contribution in [-0.2, 0) is 4.79 Å². The van der Waals surface area contributed by atoms with Crippen molar-refractivity contribution in [2.45, 2.75) is 12.5 Å². The van der Waals surface area contributed by atoms with Crippen molar-refractivity contribution in [1.82, 2.24) is 15.1 Å². The van der Waals surface area contributed by atoms with Crippen molar-refractivity contribution in [1.29, 1.82) is 0 Å². The second kappa shape index (κ2) is 8.40. The molecule has 2 aromatic carbocycles. The molecule has 2 aliphatic heterocycles. The van der Waals surface area contributed by atoms with Gasteiger partial charge in [-0.3, -0.25) is 14.5 Å². The average molecular weight is 375 g/mol. The summed E-state index contributed by atoms with van der Waals surface area (Å²) in [6, 6.07) is 17.6. The molecule has 2 amide bonds. The van der Waals surface area contributed by atoms with E-state index in [0.29, 0.717) is 12.0 Å². The minimum atomic E-state index is -0.206. The summed E-state index contributed by atoms with van der Waals surface area (Å²) in [7, 11) is 0. The van der Waals surface area contributed by atoms with Gasteiger partial charge in [0.1, 0.15) is 0 Å². The Morgan fingerprint density at radius 2 is 1.71 bits per heavy atom. The highest BCUT2D eigenvalue weighted by molar-refractivity contribution is 5.99. The molecule has 0 unspecified atom stereocenters. The van der Waals surface area contributed by atoms with Crippen LogP contribution < -0.4 is 5.32 Å². The molecule has 1 atom stereocenters. The van der Waals surface area contributed by atoms with Crippen LogP contribution in [0.1, 0.15) is 33.9 Å². The van der Waals surface area contributed by atoms with E-state index in [9.17, 15) is 9.59 Å². The van der Waals surface area contributed by atoms with E-state index in [0.717, 1.165) is 38.3 Å². The smallest absolute Gasteiger partial charge is 0.252 e. The van der Waals surface area contributed by atoms with E-state index in [1.165, 1.54) is 5.56 Å². The highest BCUT2D eigenvalue weighted by Gasteiger charge is 2.31. The van der Waals surface area contributed by atoms with E-state index in [2.05, 4.69) is 34.5 Å². The Hall–Kier alpha value is -2.92. The molecule has 0 radical (unpaired) electrons. The maximum absolute atomic E-state index is 12.7. The summed E-state index contributed by atoms with van der Waals surface area (Å²) in [5.41, 5.74) is 2.83. The molecule has 0 spiro atoms. The van der Waals surface area contributed by atoms with Crippen LogP contribution in [-0.4, -0.2) is 54.3 Å². The number of rotatable bonds is 5. The van der Waals surface area contributed by atoms with Gasteiger partial charge in [-0.05, 0) is 17.2 Å². The van der Waals surface area contributed by atoms with Gasteiger partial charge in [0.15, 0.2) is 0 Å². The zero-order chi connectivity index (χ0) is 19.3. The predicted octanol–water partition coefficient (Wildman–Crippen LogP) is 2.72. The second-order valence-electron chi connectivity index (χ2n) is 7.31. The van der Waals surface area contributed by atoms with Crippen molar-refractivity contribution in [2.24, 2.45) is 0 Å². The van der Waals surface area contributed by atoms with Gasteiger partial charge in [0.2, 0.25) is 5.91 Å². The van der Waals surface area contributed by atoms with Crippen LogP contribution in [0.3, 0.4) is 0 Å². The molecule has 1 saturated heterocycles. The van der Waals surface area contributed by atoms with Gasteiger partial charge in [0.05, 0.1) is 12.5 Å². The lowest BCUT2D eigenvalue weighted by Gasteiger charge is -2.34. The predicted molar refractivity (Wildman–Crippen MR) is 110 cm³/mol. The lowest BCUT2D eigenvalue weighted by Crippen LogP contribution is -2.49. The first-order valence-corrected chi connectivity index (χ1v) is 9.82. The SMILES string of the molecule is O=C1N[C@@H](CC(=O)N2CCN(C/C=C/c3ccccc3)CC2)c2ccccc21. The number of benzene rings is 2. The first kappa shape index (κ1) is 18.4. The molecule has 1 fully saturated rings. The Balaban J connectivity index is 1.26. The zero-order valence-corrected chi connectivity index (χ0v) is 15.9. The molecule has 0 saturated carbocycles. The highest BCUT2D eigenvalue weighted by Crippen LogP contribution is 2.28. The van der Waals surface area contributed by atoms with Crippen molar-refractivity contribution in [3.8, 4) is 0 Å². The quantitative estimate of drug-likeness (QED) is 0.874. The number of piperazine rings is 1. The average Bonchev–Trinajstić information content (AvgIpc) is 3.05. The van der Waals surface area contributed by atoms with E-state index in [1.807, 2.05) is 47.4 Å². The van der Waals surface area contributed by atoms with Crippen LogP contribution in [0, 0.1) is 0 Å². The molecule has 2 heterocycles. The number of carbonyl (C=O) groups is 2. The van der Waals surface area contributed by atoms with E-state index in [1.54, 1.807) is 0 Å². The molecule has 2 aliphatic rings. The summed E-state index contributed by atoms with van der Waals surface area (Å²) < 4.78 is 0. The number of nitrogens with zero attached hydrogens (tertiary/aromatic N) is 2. The highest BCUT2D eigenvalue weighted by atomic mass is 16.2. The van der Waals surface area contributed by atoms with E-state index < -0.39 is 0 Å². The van der Waals surface area contributed by atoms with Gasteiger partial charge in [-0.2, -0.15) is 0 Å². The van der Waals surface area contributed by atoms with Crippen molar-refractivity contribution in [2.75, 3.05) is 32.7 Å². The van der Waals surface area contributed by atoms with Crippen molar-refractivity contribution in [3.05, 3.63) is 77.4 Å². The standard InChI is InChI=1S/C23H25N3O2/c27-22(17-21-19-10-4-5-11-20(19)23(28)24-21)26-15-13-25(14-16-26)12-6-9-18-7-2-1-3-8-18/h1-11,21H,12-17H2,(H,24,28)/b9-6+/t21-/m0/s1. The largest absolute Gasteiger partial charge is 0.345 e. The zero-order valence-electron chi connectivity index (χ0n) is 15.9. The maximum atomic E-state index is 12.7. The fourth-order valence-electron chi connectivity index (χ4n) is 3.87. The minimum absolute atomic E-state index is 0.0802.